The number of nitrogens with zero attached hydrogens (tertiary/aromatic N) is 3. The third-order valence-electron chi connectivity index (χ3n) is 9.79. The van der Waals surface area contributed by atoms with E-state index in [1.54, 1.807) is 0 Å². The maximum Gasteiger partial charge on any atom is 0.315 e. The van der Waals surface area contributed by atoms with Gasteiger partial charge in [-0.05, 0) is 118 Å². The van der Waals surface area contributed by atoms with Crippen molar-refractivity contribution in [3.8, 4) is 0 Å². The van der Waals surface area contributed by atoms with E-state index in [1.807, 2.05) is 103 Å². The highest BCUT2D eigenvalue weighted by Crippen LogP contribution is 2.23. The molecule has 1 amide bonds. The van der Waals surface area contributed by atoms with Crippen molar-refractivity contribution in [1.82, 2.24) is 5.01 Å². The Bertz CT molecular complexity index is 1990. The lowest BCUT2D eigenvalue weighted by molar-refractivity contribution is -0.127. The highest BCUT2D eigenvalue weighted by Gasteiger charge is 2.28. The van der Waals surface area contributed by atoms with E-state index in [0.717, 1.165) is 89.7 Å². The molecule has 9 heteroatoms. The van der Waals surface area contributed by atoms with Gasteiger partial charge in [0.05, 0.1) is 6.54 Å². The second-order valence-electron chi connectivity index (χ2n) is 14.8. The molecule has 0 spiro atoms. The first kappa shape index (κ1) is 56.3. The molecule has 0 heterocycles. The zero-order chi connectivity index (χ0) is 43.9. The van der Waals surface area contributed by atoms with Gasteiger partial charge in [0.1, 0.15) is 0 Å². The number of aliphatic imine (C=N–C) groups is 1. The quantitative estimate of drug-likeness (QED) is 0.0327. The van der Waals surface area contributed by atoms with Crippen LogP contribution in [0.2, 0.25) is 0 Å². The van der Waals surface area contributed by atoms with Gasteiger partial charge >= 0.3 is 5.91 Å². The van der Waals surface area contributed by atoms with Crippen molar-refractivity contribution < 1.29 is 19.2 Å². The molecule has 0 aliphatic heterocycles. The number of carbonyl (C=O) groups excluding carboxylic acids is 4. The first-order chi connectivity index (χ1) is 28.2. The standard InChI is InChI=1S/C25H32N2O2.C13H15ClO2.C13H19N.CH4.ClH/c1-6-12-19(5)26-27(17-20-13-10-9-11-14-20)25(29)24(28)23-21(7-2)15-18(4)16-22(23)8-3;1-4-9-6-8(3)7-10(5-2)11(9)12(15)13(14)16;1-3-7-12(2)14-11-10-13-8-5-4-6-9-13;;/h9-11,13-16H,6-8,12,17H2,1-5H3;6-7H,4-5H2,1-3H3;4-6,8-9H,3,7,10-11H2,1-2H3;1H4;1H. The van der Waals surface area contributed by atoms with Gasteiger partial charge in [0, 0.05) is 29.1 Å². The zero-order valence-corrected chi connectivity index (χ0v) is 39.2. The van der Waals surface area contributed by atoms with Crippen LogP contribution in [0.4, 0.5) is 0 Å². The van der Waals surface area contributed by atoms with E-state index in [1.165, 1.54) is 22.7 Å². The molecule has 4 aromatic carbocycles. The minimum atomic E-state index is -0.909. The Kier molecular flexibility index (Phi) is 28.0. The average molecular weight is 873 g/mol. The van der Waals surface area contributed by atoms with E-state index in [9.17, 15) is 19.2 Å². The predicted octanol–water partition coefficient (Wildman–Crippen LogP) is 13.1. The lowest BCUT2D eigenvalue weighted by Gasteiger charge is -2.20. The number of amides is 1. The van der Waals surface area contributed by atoms with Crippen LogP contribution in [-0.4, -0.2) is 45.7 Å². The zero-order valence-electron chi connectivity index (χ0n) is 37.6. The first-order valence-electron chi connectivity index (χ1n) is 21.2. The Morgan fingerprint density at radius 3 is 1.38 bits per heavy atom. The molecule has 0 atom stereocenters. The van der Waals surface area contributed by atoms with E-state index in [0.29, 0.717) is 24.0 Å². The third kappa shape index (κ3) is 18.8. The topological polar surface area (TPSA) is 96.2 Å². The molecule has 0 saturated heterocycles. The molecule has 332 valence electrons. The molecule has 4 rings (SSSR count). The van der Waals surface area contributed by atoms with Gasteiger partial charge in [-0.25, -0.2) is 5.01 Å². The maximum absolute atomic E-state index is 13.3. The number of ketones is 2. The van der Waals surface area contributed by atoms with Crippen molar-refractivity contribution in [2.75, 3.05) is 6.54 Å². The average Bonchev–Trinajstić information content (AvgIpc) is 3.23. The van der Waals surface area contributed by atoms with Gasteiger partial charge in [0.2, 0.25) is 5.78 Å². The largest absolute Gasteiger partial charge is 0.315 e. The van der Waals surface area contributed by atoms with Crippen molar-refractivity contribution in [3.05, 3.63) is 141 Å². The van der Waals surface area contributed by atoms with E-state index < -0.39 is 22.7 Å². The second-order valence-corrected chi connectivity index (χ2v) is 15.1. The third-order valence-corrected chi connectivity index (χ3v) is 9.96. The highest BCUT2D eigenvalue weighted by molar-refractivity contribution is 6.83. The summed E-state index contributed by atoms with van der Waals surface area (Å²) >= 11 is 5.27. The molecular weight excluding hydrogens is 801 g/mol. The molecule has 0 aliphatic carbocycles. The molecule has 0 N–H and O–H groups in total. The van der Waals surface area contributed by atoms with Gasteiger partial charge < -0.3 is 0 Å². The highest BCUT2D eigenvalue weighted by atomic mass is 35.5. The Hall–Kier alpha value is -4.72. The summed E-state index contributed by atoms with van der Waals surface area (Å²) in [7, 11) is 0. The number of benzene rings is 4. The van der Waals surface area contributed by atoms with Crippen LogP contribution in [0, 0.1) is 13.8 Å². The van der Waals surface area contributed by atoms with Crippen LogP contribution in [0.15, 0.2) is 95.0 Å². The van der Waals surface area contributed by atoms with E-state index in [2.05, 4.69) is 61.2 Å². The van der Waals surface area contributed by atoms with Crippen molar-refractivity contribution in [3.63, 3.8) is 0 Å². The van der Waals surface area contributed by atoms with Crippen LogP contribution >= 0.6 is 24.0 Å². The summed E-state index contributed by atoms with van der Waals surface area (Å²) in [4.78, 5) is 53.8. The van der Waals surface area contributed by atoms with Crippen molar-refractivity contribution >= 4 is 58.1 Å². The summed E-state index contributed by atoms with van der Waals surface area (Å²) in [5.41, 5.74) is 11.4. The smallest absolute Gasteiger partial charge is 0.294 e. The number of carbonyl (C=O) groups is 4. The first-order valence-corrected chi connectivity index (χ1v) is 21.6. The van der Waals surface area contributed by atoms with Crippen molar-refractivity contribution in [2.24, 2.45) is 10.1 Å². The van der Waals surface area contributed by atoms with Crippen molar-refractivity contribution in [1.29, 1.82) is 0 Å². The van der Waals surface area contributed by atoms with Gasteiger partial charge in [-0.15, -0.1) is 12.4 Å². The number of rotatable bonds is 18. The maximum atomic E-state index is 13.3. The van der Waals surface area contributed by atoms with Crippen LogP contribution < -0.4 is 0 Å². The number of hydrogen-bond donors (Lipinski definition) is 0. The molecule has 0 fully saturated rings. The predicted molar refractivity (Wildman–Crippen MR) is 261 cm³/mol. The van der Waals surface area contributed by atoms with Gasteiger partial charge in [0.25, 0.3) is 11.0 Å². The Morgan fingerprint density at radius 1 is 0.590 bits per heavy atom. The molecule has 0 bridgehead atoms. The van der Waals surface area contributed by atoms with Crippen LogP contribution in [-0.2, 0) is 48.2 Å². The molecule has 0 radical (unpaired) electrons. The number of hydrazone groups is 1. The lowest BCUT2D eigenvalue weighted by Crippen LogP contribution is -2.34. The molecule has 0 aliphatic rings. The summed E-state index contributed by atoms with van der Waals surface area (Å²) in [6.07, 6.45) is 7.98. The SMILES string of the molecule is C.CCCC(C)=NCCc1ccccc1.CCCC(C)=NN(Cc1ccccc1)C(=O)C(=O)c1c(CC)cc(C)cc1CC.CCc1cc(C)cc(CC)c1C(=O)C(=O)Cl.Cl. The molecule has 0 saturated carbocycles. The Balaban J connectivity index is 0.000000955. The molecule has 61 heavy (non-hydrogen) atoms. The molecule has 4 aromatic rings. The number of Topliss-reactive ketones (excluding diaryl/α,β-unsaturated/α-hetero) is 2. The van der Waals surface area contributed by atoms with E-state index in [-0.39, 0.29) is 26.4 Å². The summed E-state index contributed by atoms with van der Waals surface area (Å²) in [5, 5.41) is 4.94. The summed E-state index contributed by atoms with van der Waals surface area (Å²) in [6.45, 7) is 21.4. The fourth-order valence-electron chi connectivity index (χ4n) is 6.89. The van der Waals surface area contributed by atoms with Crippen LogP contribution in [0.1, 0.15) is 154 Å². The lowest BCUT2D eigenvalue weighted by atomic mass is 9.92. The molecule has 7 nitrogen and oxygen atoms in total. The Labute approximate surface area is 378 Å². The normalized spacial score (nSPS) is 10.8. The number of hydrogen-bond acceptors (Lipinski definition) is 6. The minimum absolute atomic E-state index is 0. The molecular formula is C52H71Cl2N3O4. The minimum Gasteiger partial charge on any atom is -0.294 e. The fourth-order valence-corrected chi connectivity index (χ4v) is 6.99. The monoisotopic (exact) mass is 871 g/mol. The van der Waals surface area contributed by atoms with Crippen LogP contribution in [0.5, 0.6) is 0 Å². The van der Waals surface area contributed by atoms with Gasteiger partial charge in [-0.1, -0.05) is 158 Å². The van der Waals surface area contributed by atoms with Gasteiger partial charge in [-0.2, -0.15) is 5.10 Å². The van der Waals surface area contributed by atoms with E-state index in [4.69, 9.17) is 11.6 Å². The summed E-state index contributed by atoms with van der Waals surface area (Å²) in [6, 6.07) is 28.1. The van der Waals surface area contributed by atoms with Crippen LogP contribution in [0.3, 0.4) is 0 Å². The second kappa shape index (κ2) is 30.3. The van der Waals surface area contributed by atoms with Crippen LogP contribution in [0.25, 0.3) is 0 Å². The molecule has 0 unspecified atom stereocenters. The summed E-state index contributed by atoms with van der Waals surface area (Å²) in [5.74, 6) is -1.63. The fraction of sp³-hybridized carbons (Fsp3) is 0.423. The number of halogens is 2. The Morgan fingerprint density at radius 2 is 0.984 bits per heavy atom. The molecule has 0 aromatic heterocycles. The number of aryl methyl sites for hydroxylation is 6. The van der Waals surface area contributed by atoms with E-state index >= 15 is 0 Å². The van der Waals surface area contributed by atoms with Crippen molar-refractivity contribution in [2.45, 2.75) is 141 Å². The summed E-state index contributed by atoms with van der Waals surface area (Å²) < 4.78 is 0. The van der Waals surface area contributed by atoms with Gasteiger partial charge in [-0.3, -0.25) is 24.2 Å². The van der Waals surface area contributed by atoms with Gasteiger partial charge in [0.15, 0.2) is 0 Å².